The van der Waals surface area contributed by atoms with Gasteiger partial charge in [-0.2, -0.15) is 0 Å². The third kappa shape index (κ3) is 3.85. The lowest BCUT2D eigenvalue weighted by Crippen LogP contribution is -2.48. The fourth-order valence-electron chi connectivity index (χ4n) is 2.43. The zero-order valence-electron chi connectivity index (χ0n) is 13.1. The van der Waals surface area contributed by atoms with Crippen LogP contribution in [0.5, 0.6) is 5.75 Å². The van der Waals surface area contributed by atoms with Crippen molar-refractivity contribution in [2.45, 2.75) is 6.10 Å². The minimum Gasteiger partial charge on any atom is -0.476 e. The van der Waals surface area contributed by atoms with Gasteiger partial charge in [0.15, 0.2) is 6.10 Å². The Labute approximate surface area is 149 Å². The van der Waals surface area contributed by atoms with Gasteiger partial charge in [0.05, 0.1) is 18.5 Å². The van der Waals surface area contributed by atoms with E-state index in [4.69, 9.17) is 16.3 Å². The summed E-state index contributed by atoms with van der Waals surface area (Å²) in [5, 5.41) is 2.93. The molecular formula is C16H14ClFN2O4S. The lowest BCUT2D eigenvalue weighted by Gasteiger charge is -2.34. The Hall–Kier alpha value is -2.32. The summed E-state index contributed by atoms with van der Waals surface area (Å²) < 4.78 is 43.8. The Balaban J connectivity index is 1.87. The Morgan fingerprint density at radius 3 is 2.60 bits per heavy atom. The topological polar surface area (TPSA) is 75.7 Å². The van der Waals surface area contributed by atoms with E-state index in [9.17, 15) is 17.6 Å². The number of nitrogens with one attached hydrogen (secondary N) is 1. The van der Waals surface area contributed by atoms with Gasteiger partial charge in [-0.05, 0) is 42.5 Å². The number of rotatable bonds is 3. The molecule has 0 bridgehead atoms. The number of sulfonamides is 1. The Morgan fingerprint density at radius 1 is 1.28 bits per heavy atom. The second-order valence-electron chi connectivity index (χ2n) is 5.51. The first kappa shape index (κ1) is 17.5. The van der Waals surface area contributed by atoms with Gasteiger partial charge in [-0.25, -0.2) is 12.8 Å². The van der Waals surface area contributed by atoms with Gasteiger partial charge in [0.1, 0.15) is 11.6 Å². The smallest absolute Gasteiger partial charge is 0.267 e. The molecule has 132 valence electrons. The van der Waals surface area contributed by atoms with E-state index in [1.54, 1.807) is 6.07 Å². The normalized spacial score (nSPS) is 16.8. The Morgan fingerprint density at radius 2 is 1.96 bits per heavy atom. The zero-order valence-corrected chi connectivity index (χ0v) is 14.6. The van der Waals surface area contributed by atoms with Crippen molar-refractivity contribution in [3.05, 3.63) is 53.3 Å². The summed E-state index contributed by atoms with van der Waals surface area (Å²) in [6, 6.07) is 9.73. The molecule has 1 N–H and O–H groups in total. The number of benzene rings is 2. The maximum atomic E-state index is 12.9. The highest BCUT2D eigenvalue weighted by molar-refractivity contribution is 7.92. The van der Waals surface area contributed by atoms with Crippen molar-refractivity contribution in [3.63, 3.8) is 0 Å². The minimum atomic E-state index is -3.64. The summed E-state index contributed by atoms with van der Waals surface area (Å²) in [5.74, 6) is -0.734. The number of nitrogens with zero attached hydrogens (tertiary/aromatic N) is 1. The average Bonchev–Trinajstić information content (AvgIpc) is 2.55. The van der Waals surface area contributed by atoms with Crippen molar-refractivity contribution in [1.29, 1.82) is 0 Å². The molecule has 2 aromatic rings. The predicted octanol–water partition coefficient (Wildman–Crippen LogP) is 2.64. The molecule has 0 saturated carbocycles. The number of ether oxygens (including phenoxy) is 1. The van der Waals surface area contributed by atoms with Crippen molar-refractivity contribution in [1.82, 2.24) is 0 Å². The van der Waals surface area contributed by atoms with Gasteiger partial charge < -0.3 is 10.1 Å². The molecule has 1 heterocycles. The van der Waals surface area contributed by atoms with Crippen LogP contribution in [0.3, 0.4) is 0 Å². The fourth-order valence-corrected chi connectivity index (χ4v) is 3.50. The highest BCUT2D eigenvalue weighted by Crippen LogP contribution is 2.37. The van der Waals surface area contributed by atoms with E-state index in [-0.39, 0.29) is 18.0 Å². The average molecular weight is 385 g/mol. The molecule has 0 unspecified atom stereocenters. The van der Waals surface area contributed by atoms with Crippen molar-refractivity contribution >= 4 is 38.9 Å². The van der Waals surface area contributed by atoms with Crippen LogP contribution in [0.1, 0.15) is 0 Å². The molecule has 6 nitrogen and oxygen atoms in total. The molecule has 9 heteroatoms. The summed E-state index contributed by atoms with van der Waals surface area (Å²) in [4.78, 5) is 12.4. The SMILES string of the molecule is CS(=O)(=O)N1C[C@H](C(=O)Nc2ccc(F)cc2)Oc2ccc(Cl)cc21. The maximum absolute atomic E-state index is 12.9. The first-order chi connectivity index (χ1) is 11.7. The van der Waals surface area contributed by atoms with Crippen LogP contribution in [0.25, 0.3) is 0 Å². The first-order valence-corrected chi connectivity index (χ1v) is 9.47. The molecule has 3 rings (SSSR count). The zero-order chi connectivity index (χ0) is 18.2. The Bertz CT molecular complexity index is 918. The summed E-state index contributed by atoms with van der Waals surface area (Å²) in [6.07, 6.45) is -0.0220. The van der Waals surface area contributed by atoms with Crippen molar-refractivity contribution < 1.29 is 22.3 Å². The number of carbonyl (C=O) groups excluding carboxylic acids is 1. The van der Waals surface area contributed by atoms with Crippen LogP contribution >= 0.6 is 11.6 Å². The van der Waals surface area contributed by atoms with Gasteiger partial charge in [-0.15, -0.1) is 0 Å². The van der Waals surface area contributed by atoms with E-state index in [1.165, 1.54) is 36.4 Å². The lowest BCUT2D eigenvalue weighted by molar-refractivity contribution is -0.122. The number of hydrogen-bond acceptors (Lipinski definition) is 4. The van der Waals surface area contributed by atoms with E-state index in [0.29, 0.717) is 10.7 Å². The van der Waals surface area contributed by atoms with Crippen LogP contribution in [0, 0.1) is 5.82 Å². The van der Waals surface area contributed by atoms with E-state index in [0.717, 1.165) is 10.6 Å². The van der Waals surface area contributed by atoms with Crippen molar-refractivity contribution in [2.24, 2.45) is 0 Å². The molecule has 1 aliphatic heterocycles. The number of hydrogen-bond donors (Lipinski definition) is 1. The Kier molecular flexibility index (Phi) is 4.57. The molecule has 2 aromatic carbocycles. The highest BCUT2D eigenvalue weighted by atomic mass is 35.5. The summed E-state index contributed by atoms with van der Waals surface area (Å²) in [6.45, 7) is -0.195. The predicted molar refractivity (Wildman–Crippen MR) is 93.1 cm³/mol. The molecule has 25 heavy (non-hydrogen) atoms. The number of fused-ring (bicyclic) bond motifs is 1. The van der Waals surface area contributed by atoms with E-state index < -0.39 is 27.9 Å². The molecule has 0 aromatic heterocycles. The molecule has 1 atom stereocenters. The van der Waals surface area contributed by atoms with Crippen LogP contribution in [0.4, 0.5) is 15.8 Å². The largest absolute Gasteiger partial charge is 0.476 e. The van der Waals surface area contributed by atoms with Gasteiger partial charge in [0, 0.05) is 10.7 Å². The standard InChI is InChI=1S/C16H14ClFN2O4S/c1-25(22,23)20-9-15(24-14-7-2-10(17)8-13(14)20)16(21)19-12-5-3-11(18)4-6-12/h2-8,15H,9H2,1H3,(H,19,21)/t15-/m1/s1. The summed E-state index contributed by atoms with van der Waals surface area (Å²) in [5.41, 5.74) is 0.656. The van der Waals surface area contributed by atoms with E-state index >= 15 is 0 Å². The lowest BCUT2D eigenvalue weighted by atomic mass is 10.2. The molecule has 1 aliphatic rings. The molecule has 0 saturated heterocycles. The van der Waals surface area contributed by atoms with Crippen LogP contribution in [-0.2, 0) is 14.8 Å². The highest BCUT2D eigenvalue weighted by Gasteiger charge is 2.35. The number of amides is 1. The summed E-state index contributed by atoms with van der Waals surface area (Å²) >= 11 is 5.92. The van der Waals surface area contributed by atoms with Crippen molar-refractivity contribution in [3.8, 4) is 5.75 Å². The summed E-state index contributed by atoms with van der Waals surface area (Å²) in [7, 11) is -3.64. The van der Waals surface area contributed by atoms with E-state index in [1.807, 2.05) is 0 Å². The molecule has 0 radical (unpaired) electrons. The van der Waals surface area contributed by atoms with Crippen LogP contribution in [0.2, 0.25) is 5.02 Å². The van der Waals surface area contributed by atoms with Crippen molar-refractivity contribution in [2.75, 3.05) is 22.4 Å². The third-order valence-corrected chi connectivity index (χ3v) is 4.98. The molecule has 0 aliphatic carbocycles. The molecule has 0 spiro atoms. The van der Waals surface area contributed by atoms with Gasteiger partial charge in [-0.3, -0.25) is 9.10 Å². The minimum absolute atomic E-state index is 0.195. The molecule has 0 fully saturated rings. The van der Waals surface area contributed by atoms with Gasteiger partial charge >= 0.3 is 0 Å². The second-order valence-corrected chi connectivity index (χ2v) is 7.85. The van der Waals surface area contributed by atoms with Gasteiger partial charge in [-0.1, -0.05) is 11.6 Å². The molecule has 1 amide bonds. The van der Waals surface area contributed by atoms with E-state index in [2.05, 4.69) is 5.32 Å². The fraction of sp³-hybridized carbons (Fsp3) is 0.188. The number of halogens is 2. The number of anilines is 2. The second kappa shape index (κ2) is 6.53. The monoisotopic (exact) mass is 384 g/mol. The first-order valence-electron chi connectivity index (χ1n) is 7.24. The van der Waals surface area contributed by atoms with Gasteiger partial charge in [0.25, 0.3) is 5.91 Å². The van der Waals surface area contributed by atoms with Gasteiger partial charge in [0.2, 0.25) is 10.0 Å². The van der Waals surface area contributed by atoms with Crippen LogP contribution < -0.4 is 14.4 Å². The number of carbonyl (C=O) groups is 1. The maximum Gasteiger partial charge on any atom is 0.267 e. The van der Waals surface area contributed by atoms with Crippen LogP contribution in [0.15, 0.2) is 42.5 Å². The molecular weight excluding hydrogens is 371 g/mol. The third-order valence-electron chi connectivity index (χ3n) is 3.60. The quantitative estimate of drug-likeness (QED) is 0.882. The van der Waals surface area contributed by atoms with Crippen LogP contribution in [-0.4, -0.2) is 33.2 Å².